The van der Waals surface area contributed by atoms with Crippen LogP contribution < -0.4 is 0 Å². The summed E-state index contributed by atoms with van der Waals surface area (Å²) in [5, 5.41) is 19.3. The van der Waals surface area contributed by atoms with Crippen molar-refractivity contribution in [1.82, 2.24) is 4.90 Å². The predicted octanol–water partition coefficient (Wildman–Crippen LogP) is 1.92. The molecule has 0 saturated carbocycles. The standard InChI is InChI=1S/C16H15N3O3S/c1-4-22-15(21)13(8-17)16(9-18)12-6-5-10(23-3)7-11(12)14(20)19(16)2/h5-7,13H,4H2,1-3H3. The summed E-state index contributed by atoms with van der Waals surface area (Å²) in [6.45, 7) is 1.71. The molecule has 23 heavy (non-hydrogen) atoms. The van der Waals surface area contributed by atoms with Crippen molar-refractivity contribution in [1.29, 1.82) is 10.5 Å². The second-order valence-corrected chi connectivity index (χ2v) is 5.85. The summed E-state index contributed by atoms with van der Waals surface area (Å²) < 4.78 is 4.92. The van der Waals surface area contributed by atoms with E-state index in [9.17, 15) is 20.1 Å². The molecule has 0 aliphatic carbocycles. The van der Waals surface area contributed by atoms with Crippen LogP contribution in [0, 0.1) is 28.6 Å². The Bertz CT molecular complexity index is 750. The molecular formula is C16H15N3O3S. The van der Waals surface area contributed by atoms with Gasteiger partial charge in [0.1, 0.15) is 0 Å². The molecule has 0 bridgehead atoms. The van der Waals surface area contributed by atoms with Gasteiger partial charge in [-0.05, 0) is 25.3 Å². The fourth-order valence-corrected chi connectivity index (χ4v) is 3.21. The SMILES string of the molecule is CCOC(=O)C(C#N)C1(C#N)c2ccc(SC)cc2C(=O)N1C. The quantitative estimate of drug-likeness (QED) is 0.619. The van der Waals surface area contributed by atoms with Crippen molar-refractivity contribution in [2.45, 2.75) is 17.4 Å². The van der Waals surface area contributed by atoms with E-state index in [4.69, 9.17) is 4.74 Å². The average molecular weight is 329 g/mol. The first-order valence-corrected chi connectivity index (χ1v) is 8.14. The minimum absolute atomic E-state index is 0.0917. The number of ether oxygens (including phenoxy) is 1. The highest BCUT2D eigenvalue weighted by Crippen LogP contribution is 2.44. The van der Waals surface area contributed by atoms with Crippen LogP contribution in [-0.4, -0.2) is 36.7 Å². The summed E-state index contributed by atoms with van der Waals surface area (Å²) >= 11 is 1.46. The van der Waals surface area contributed by atoms with Crippen LogP contribution in [0.5, 0.6) is 0 Å². The van der Waals surface area contributed by atoms with Gasteiger partial charge in [0.25, 0.3) is 5.91 Å². The topological polar surface area (TPSA) is 94.2 Å². The van der Waals surface area contributed by atoms with Crippen molar-refractivity contribution in [3.05, 3.63) is 29.3 Å². The summed E-state index contributed by atoms with van der Waals surface area (Å²) in [4.78, 5) is 26.7. The summed E-state index contributed by atoms with van der Waals surface area (Å²) in [6, 6.07) is 8.94. The molecule has 0 radical (unpaired) electrons. The summed E-state index contributed by atoms with van der Waals surface area (Å²) in [7, 11) is 1.42. The number of fused-ring (bicyclic) bond motifs is 1. The Balaban J connectivity index is 2.69. The second kappa shape index (κ2) is 6.31. The smallest absolute Gasteiger partial charge is 0.327 e. The zero-order chi connectivity index (χ0) is 17.2. The maximum atomic E-state index is 12.5. The van der Waals surface area contributed by atoms with Gasteiger partial charge >= 0.3 is 5.97 Å². The van der Waals surface area contributed by atoms with Gasteiger partial charge in [-0.25, -0.2) is 0 Å². The molecule has 1 heterocycles. The number of hydrogen-bond donors (Lipinski definition) is 0. The minimum Gasteiger partial charge on any atom is -0.465 e. The van der Waals surface area contributed by atoms with Crippen molar-refractivity contribution < 1.29 is 14.3 Å². The van der Waals surface area contributed by atoms with Crippen molar-refractivity contribution in [2.75, 3.05) is 19.9 Å². The normalized spacial score (nSPS) is 20.4. The van der Waals surface area contributed by atoms with Crippen LogP contribution in [-0.2, 0) is 15.1 Å². The molecule has 1 aliphatic rings. The van der Waals surface area contributed by atoms with E-state index < -0.39 is 17.4 Å². The van der Waals surface area contributed by atoms with Gasteiger partial charge in [-0.3, -0.25) is 9.59 Å². The lowest BCUT2D eigenvalue weighted by Crippen LogP contribution is -2.48. The lowest BCUT2D eigenvalue weighted by molar-refractivity contribution is -0.149. The molecule has 1 aromatic carbocycles. The molecule has 2 rings (SSSR count). The average Bonchev–Trinajstić information content (AvgIpc) is 2.78. The van der Waals surface area contributed by atoms with E-state index in [1.807, 2.05) is 18.4 Å². The third-order valence-corrected chi connectivity index (χ3v) is 4.67. The van der Waals surface area contributed by atoms with E-state index in [1.54, 1.807) is 25.1 Å². The number of thioether (sulfide) groups is 1. The van der Waals surface area contributed by atoms with Gasteiger partial charge in [0.05, 0.1) is 18.7 Å². The number of amides is 1. The maximum Gasteiger partial charge on any atom is 0.327 e. The first-order chi connectivity index (χ1) is 11.0. The van der Waals surface area contributed by atoms with Gasteiger partial charge in [-0.1, -0.05) is 6.07 Å². The van der Waals surface area contributed by atoms with E-state index >= 15 is 0 Å². The molecule has 0 fully saturated rings. The van der Waals surface area contributed by atoms with E-state index in [0.29, 0.717) is 11.1 Å². The maximum absolute atomic E-state index is 12.5. The Morgan fingerprint density at radius 1 is 1.48 bits per heavy atom. The number of rotatable bonds is 4. The zero-order valence-electron chi connectivity index (χ0n) is 13.0. The third kappa shape index (κ3) is 2.34. The molecule has 1 amide bonds. The van der Waals surface area contributed by atoms with Gasteiger partial charge < -0.3 is 9.64 Å². The molecule has 7 heteroatoms. The van der Waals surface area contributed by atoms with Crippen molar-refractivity contribution >= 4 is 23.6 Å². The minimum atomic E-state index is -1.68. The number of hydrogen-bond acceptors (Lipinski definition) is 6. The van der Waals surface area contributed by atoms with Gasteiger partial charge in [0, 0.05) is 23.1 Å². The first kappa shape index (κ1) is 16.9. The Kier molecular flexibility index (Phi) is 4.63. The molecule has 0 N–H and O–H groups in total. The molecule has 2 unspecified atom stereocenters. The summed E-state index contributed by atoms with van der Waals surface area (Å²) in [5.41, 5.74) is -0.972. The molecule has 1 aliphatic heterocycles. The van der Waals surface area contributed by atoms with Crippen LogP contribution in [0.2, 0.25) is 0 Å². The van der Waals surface area contributed by atoms with Crippen molar-refractivity contribution in [2.24, 2.45) is 5.92 Å². The number of benzene rings is 1. The molecule has 0 spiro atoms. The Morgan fingerprint density at radius 3 is 2.70 bits per heavy atom. The molecule has 118 valence electrons. The van der Waals surface area contributed by atoms with E-state index in [1.165, 1.54) is 18.8 Å². The van der Waals surface area contributed by atoms with Gasteiger partial charge in [-0.2, -0.15) is 10.5 Å². The number of nitriles is 2. The van der Waals surface area contributed by atoms with Crippen LogP contribution in [0.3, 0.4) is 0 Å². The first-order valence-electron chi connectivity index (χ1n) is 6.92. The molecule has 2 atom stereocenters. The van der Waals surface area contributed by atoms with Crippen LogP contribution in [0.4, 0.5) is 0 Å². The lowest BCUT2D eigenvalue weighted by atomic mass is 9.79. The number of carbonyl (C=O) groups excluding carboxylic acids is 2. The van der Waals surface area contributed by atoms with E-state index in [0.717, 1.165) is 9.80 Å². The molecular weight excluding hydrogens is 314 g/mol. The lowest BCUT2D eigenvalue weighted by Gasteiger charge is -2.32. The Morgan fingerprint density at radius 2 is 2.17 bits per heavy atom. The largest absolute Gasteiger partial charge is 0.465 e. The van der Waals surface area contributed by atoms with Gasteiger partial charge in [0.2, 0.25) is 0 Å². The fourth-order valence-electron chi connectivity index (χ4n) is 2.77. The number of carbonyl (C=O) groups is 2. The molecule has 0 saturated heterocycles. The summed E-state index contributed by atoms with van der Waals surface area (Å²) in [6.07, 6.45) is 1.87. The van der Waals surface area contributed by atoms with Crippen LogP contribution in [0.25, 0.3) is 0 Å². The van der Waals surface area contributed by atoms with E-state index in [-0.39, 0.29) is 12.5 Å². The fraction of sp³-hybridized carbons (Fsp3) is 0.375. The summed E-state index contributed by atoms with van der Waals surface area (Å²) in [5.74, 6) is -2.61. The second-order valence-electron chi connectivity index (χ2n) is 4.97. The number of nitrogens with zero attached hydrogens (tertiary/aromatic N) is 3. The van der Waals surface area contributed by atoms with Crippen LogP contribution >= 0.6 is 11.8 Å². The molecule has 0 aromatic heterocycles. The Hall–Kier alpha value is -2.51. The predicted molar refractivity (Wildman–Crippen MR) is 83.3 cm³/mol. The Labute approximate surface area is 138 Å². The van der Waals surface area contributed by atoms with Crippen molar-refractivity contribution in [3.63, 3.8) is 0 Å². The monoisotopic (exact) mass is 329 g/mol. The van der Waals surface area contributed by atoms with Gasteiger partial charge in [0.15, 0.2) is 11.5 Å². The van der Waals surface area contributed by atoms with E-state index in [2.05, 4.69) is 0 Å². The van der Waals surface area contributed by atoms with Crippen LogP contribution in [0.15, 0.2) is 23.1 Å². The number of esters is 1. The highest BCUT2D eigenvalue weighted by molar-refractivity contribution is 7.98. The van der Waals surface area contributed by atoms with Crippen molar-refractivity contribution in [3.8, 4) is 12.1 Å². The van der Waals surface area contributed by atoms with Crippen LogP contribution in [0.1, 0.15) is 22.8 Å². The molecule has 6 nitrogen and oxygen atoms in total. The molecule has 1 aromatic rings. The van der Waals surface area contributed by atoms with Gasteiger partial charge in [-0.15, -0.1) is 11.8 Å². The third-order valence-electron chi connectivity index (χ3n) is 3.94. The highest BCUT2D eigenvalue weighted by Gasteiger charge is 2.57. The highest BCUT2D eigenvalue weighted by atomic mass is 32.2. The zero-order valence-corrected chi connectivity index (χ0v) is 13.8.